The molecule has 4 heteroatoms. The van der Waals surface area contributed by atoms with Gasteiger partial charge in [0.15, 0.2) is 0 Å². The molecular formula is C18H16O4. The molecule has 0 atom stereocenters. The van der Waals surface area contributed by atoms with Crippen LogP contribution in [0, 0.1) is 0 Å². The second kappa shape index (κ2) is 6.43. The molecule has 0 radical (unpaired) electrons. The Kier molecular flexibility index (Phi) is 4.19. The topological polar surface area (TPSA) is 52.6 Å². The van der Waals surface area contributed by atoms with Crippen molar-refractivity contribution in [2.24, 2.45) is 0 Å². The number of carbonyl (C=O) groups is 2. The minimum absolute atomic E-state index is 0.326. The van der Waals surface area contributed by atoms with Crippen molar-refractivity contribution in [1.82, 2.24) is 0 Å². The van der Waals surface area contributed by atoms with Crippen molar-refractivity contribution < 1.29 is 19.1 Å². The molecule has 0 bridgehead atoms. The van der Waals surface area contributed by atoms with Gasteiger partial charge in [0.1, 0.15) is 0 Å². The summed E-state index contributed by atoms with van der Waals surface area (Å²) in [6, 6.07) is 14.3. The van der Waals surface area contributed by atoms with E-state index in [1.54, 1.807) is 24.3 Å². The second-order valence-corrected chi connectivity index (χ2v) is 5.07. The van der Waals surface area contributed by atoms with Crippen molar-refractivity contribution in [3.8, 4) is 11.1 Å². The number of hydrogen-bond donors (Lipinski definition) is 0. The Morgan fingerprint density at radius 3 is 1.36 bits per heavy atom. The lowest BCUT2D eigenvalue weighted by molar-refractivity contribution is 0.0430. The highest BCUT2D eigenvalue weighted by atomic mass is 16.5. The summed E-state index contributed by atoms with van der Waals surface area (Å²) < 4.78 is 10.6. The molecule has 2 aromatic rings. The van der Waals surface area contributed by atoms with Gasteiger partial charge < -0.3 is 9.47 Å². The van der Waals surface area contributed by atoms with Gasteiger partial charge in [-0.2, -0.15) is 0 Å². The molecule has 0 unspecified atom stereocenters. The zero-order valence-corrected chi connectivity index (χ0v) is 12.1. The van der Waals surface area contributed by atoms with Crippen molar-refractivity contribution in [2.75, 3.05) is 13.2 Å². The summed E-state index contributed by atoms with van der Waals surface area (Å²) in [6.45, 7) is 0.652. The predicted octanol–water partition coefficient (Wildman–Crippen LogP) is 3.46. The van der Waals surface area contributed by atoms with Crippen LogP contribution >= 0.6 is 0 Å². The zero-order valence-electron chi connectivity index (χ0n) is 12.1. The van der Waals surface area contributed by atoms with Crippen LogP contribution in [0.15, 0.2) is 48.5 Å². The maximum absolute atomic E-state index is 12.3. The Bertz CT molecular complexity index is 644. The highest BCUT2D eigenvalue weighted by Gasteiger charge is 2.20. The number of fused-ring (bicyclic) bond motifs is 3. The van der Waals surface area contributed by atoms with Crippen molar-refractivity contribution in [1.29, 1.82) is 0 Å². The number of carbonyl (C=O) groups excluding carboxylic acids is 2. The van der Waals surface area contributed by atoms with Gasteiger partial charge >= 0.3 is 11.9 Å². The highest BCUT2D eigenvalue weighted by molar-refractivity contribution is 6.03. The fourth-order valence-corrected chi connectivity index (χ4v) is 2.48. The number of benzene rings is 2. The lowest BCUT2D eigenvalue weighted by Gasteiger charge is -2.14. The van der Waals surface area contributed by atoms with Crippen LogP contribution in [0.4, 0.5) is 0 Å². The van der Waals surface area contributed by atoms with Gasteiger partial charge in [0.2, 0.25) is 0 Å². The van der Waals surface area contributed by atoms with E-state index >= 15 is 0 Å². The molecule has 0 spiro atoms. The van der Waals surface area contributed by atoms with E-state index in [9.17, 15) is 9.59 Å². The maximum atomic E-state index is 12.3. The normalized spacial score (nSPS) is 15.5. The minimum Gasteiger partial charge on any atom is -0.462 e. The summed E-state index contributed by atoms with van der Waals surface area (Å²) in [5, 5.41) is 0. The summed E-state index contributed by atoms with van der Waals surface area (Å²) in [7, 11) is 0. The molecule has 22 heavy (non-hydrogen) atoms. The van der Waals surface area contributed by atoms with Gasteiger partial charge in [-0.25, -0.2) is 9.59 Å². The van der Waals surface area contributed by atoms with Crippen LogP contribution in [0.25, 0.3) is 11.1 Å². The number of hydrogen-bond acceptors (Lipinski definition) is 4. The average Bonchev–Trinajstić information content (AvgIpc) is 2.56. The smallest absolute Gasteiger partial charge is 0.338 e. The molecule has 0 aliphatic carbocycles. The molecule has 1 heterocycles. The molecular weight excluding hydrogens is 280 g/mol. The lowest BCUT2D eigenvalue weighted by Crippen LogP contribution is -2.13. The first kappa shape index (κ1) is 14.3. The molecule has 4 nitrogen and oxygen atoms in total. The van der Waals surface area contributed by atoms with E-state index in [2.05, 4.69) is 0 Å². The summed E-state index contributed by atoms with van der Waals surface area (Å²) in [5.74, 6) is -0.723. The Morgan fingerprint density at radius 2 is 0.955 bits per heavy atom. The maximum Gasteiger partial charge on any atom is 0.338 e. The minimum atomic E-state index is -0.362. The van der Waals surface area contributed by atoms with Crippen molar-refractivity contribution in [3.05, 3.63) is 59.7 Å². The first-order valence-electron chi connectivity index (χ1n) is 7.30. The van der Waals surface area contributed by atoms with Crippen molar-refractivity contribution in [2.45, 2.75) is 12.8 Å². The van der Waals surface area contributed by atoms with E-state index in [1.165, 1.54) is 0 Å². The van der Waals surface area contributed by atoms with Crippen LogP contribution in [0.2, 0.25) is 0 Å². The quantitative estimate of drug-likeness (QED) is 0.699. The Balaban J connectivity index is 2.15. The van der Waals surface area contributed by atoms with Crippen LogP contribution in [0.1, 0.15) is 33.6 Å². The number of ether oxygens (including phenoxy) is 2. The van der Waals surface area contributed by atoms with Gasteiger partial charge in [-0.05, 0) is 36.1 Å². The van der Waals surface area contributed by atoms with Crippen molar-refractivity contribution >= 4 is 11.9 Å². The van der Waals surface area contributed by atoms with E-state index in [1.807, 2.05) is 24.3 Å². The van der Waals surface area contributed by atoms with Gasteiger partial charge in [-0.15, -0.1) is 0 Å². The summed E-state index contributed by atoms with van der Waals surface area (Å²) >= 11 is 0. The molecule has 1 aliphatic rings. The van der Waals surface area contributed by atoms with Gasteiger partial charge in [0.25, 0.3) is 0 Å². The van der Waals surface area contributed by atoms with Gasteiger partial charge in [-0.3, -0.25) is 0 Å². The molecule has 112 valence electrons. The van der Waals surface area contributed by atoms with E-state index in [4.69, 9.17) is 9.47 Å². The van der Waals surface area contributed by atoms with Crippen LogP contribution in [0.5, 0.6) is 0 Å². The van der Waals surface area contributed by atoms with Crippen LogP contribution in [0.3, 0.4) is 0 Å². The first-order chi connectivity index (χ1) is 10.8. The Hall–Kier alpha value is -2.62. The first-order valence-corrected chi connectivity index (χ1v) is 7.30. The fourth-order valence-electron chi connectivity index (χ4n) is 2.48. The predicted molar refractivity (Wildman–Crippen MR) is 81.7 cm³/mol. The third kappa shape index (κ3) is 2.86. The van der Waals surface area contributed by atoms with Crippen LogP contribution in [-0.4, -0.2) is 25.2 Å². The number of esters is 2. The monoisotopic (exact) mass is 296 g/mol. The molecule has 0 fully saturated rings. The van der Waals surface area contributed by atoms with E-state index in [0.29, 0.717) is 48.3 Å². The average molecular weight is 296 g/mol. The largest absolute Gasteiger partial charge is 0.462 e. The van der Waals surface area contributed by atoms with E-state index in [-0.39, 0.29) is 11.9 Å². The molecule has 0 N–H and O–H groups in total. The number of rotatable bonds is 0. The third-order valence-corrected chi connectivity index (χ3v) is 3.59. The molecule has 3 rings (SSSR count). The third-order valence-electron chi connectivity index (χ3n) is 3.59. The molecule has 2 aromatic carbocycles. The van der Waals surface area contributed by atoms with Gasteiger partial charge in [0, 0.05) is 0 Å². The molecule has 0 saturated heterocycles. The van der Waals surface area contributed by atoms with Gasteiger partial charge in [0.05, 0.1) is 24.3 Å². The van der Waals surface area contributed by atoms with Crippen molar-refractivity contribution in [3.63, 3.8) is 0 Å². The second-order valence-electron chi connectivity index (χ2n) is 5.07. The van der Waals surface area contributed by atoms with E-state index < -0.39 is 0 Å². The Labute approximate surface area is 128 Å². The highest BCUT2D eigenvalue weighted by Crippen LogP contribution is 2.28. The summed E-state index contributed by atoms with van der Waals surface area (Å²) in [4.78, 5) is 24.5. The molecule has 1 aliphatic heterocycles. The van der Waals surface area contributed by atoms with Crippen LogP contribution in [-0.2, 0) is 9.47 Å². The SMILES string of the molecule is O=C1OCCCCOC(=O)c2ccccc2-c2ccccc21. The summed E-state index contributed by atoms with van der Waals surface area (Å²) in [5.41, 5.74) is 2.29. The molecule has 0 saturated carbocycles. The molecule has 0 aromatic heterocycles. The fraction of sp³-hybridized carbons (Fsp3) is 0.222. The Morgan fingerprint density at radius 1 is 0.591 bits per heavy atom. The zero-order chi connectivity index (χ0) is 15.4. The van der Waals surface area contributed by atoms with Crippen LogP contribution < -0.4 is 0 Å². The molecule has 0 amide bonds. The van der Waals surface area contributed by atoms with Gasteiger partial charge in [-0.1, -0.05) is 36.4 Å². The lowest BCUT2D eigenvalue weighted by atomic mass is 9.95. The summed E-state index contributed by atoms with van der Waals surface area (Å²) in [6.07, 6.45) is 1.34. The number of cyclic esters (lactones) is 2. The standard InChI is InChI=1S/C18H16O4/c19-17-15-9-3-1-7-13(15)14-8-2-4-10-16(14)18(20)22-12-6-5-11-21-17/h1-4,7-10H,5-6,11-12H2. The van der Waals surface area contributed by atoms with E-state index in [0.717, 1.165) is 0 Å².